The summed E-state index contributed by atoms with van der Waals surface area (Å²) in [7, 11) is 0. The maximum Gasteiger partial charge on any atom is 0.319 e. The molecule has 1 aromatic carbocycles. The van der Waals surface area contributed by atoms with Crippen LogP contribution in [-0.4, -0.2) is 23.5 Å². The summed E-state index contributed by atoms with van der Waals surface area (Å²) >= 11 is 0. The first kappa shape index (κ1) is 17.0. The second kappa shape index (κ2) is 8.89. The number of pyridine rings is 1. The minimum Gasteiger partial charge on any atom is -0.334 e. The number of benzene rings is 1. The number of carbonyl (C=O) groups excluding carboxylic acids is 2. The lowest BCUT2D eigenvalue weighted by Crippen LogP contribution is -2.28. The van der Waals surface area contributed by atoms with Gasteiger partial charge in [0.2, 0.25) is 5.91 Å². The van der Waals surface area contributed by atoms with Gasteiger partial charge in [-0.05, 0) is 42.0 Å². The number of rotatable bonds is 6. The first-order chi connectivity index (χ1) is 11.7. The molecule has 2 aromatic rings. The topological polar surface area (TPSA) is 83.1 Å². The summed E-state index contributed by atoms with van der Waals surface area (Å²) in [6.07, 6.45) is 8.05. The van der Waals surface area contributed by atoms with Crippen molar-refractivity contribution in [3.05, 3.63) is 73.1 Å². The number of hydrogen-bond acceptors (Lipinski definition) is 3. The average molecular weight is 322 g/mol. The number of nitrogens with zero attached hydrogens (tertiary/aromatic N) is 1. The lowest BCUT2D eigenvalue weighted by Gasteiger charge is -2.07. The van der Waals surface area contributed by atoms with Crippen LogP contribution in [0.4, 0.5) is 16.2 Å². The van der Waals surface area contributed by atoms with Crippen molar-refractivity contribution in [3.63, 3.8) is 0 Å². The summed E-state index contributed by atoms with van der Waals surface area (Å²) in [5, 5.41) is 8.02. The Morgan fingerprint density at radius 2 is 1.79 bits per heavy atom. The first-order valence-corrected chi connectivity index (χ1v) is 7.32. The molecule has 0 spiro atoms. The molecule has 0 fully saturated rings. The highest BCUT2D eigenvalue weighted by atomic mass is 16.2. The van der Waals surface area contributed by atoms with E-state index < -0.39 is 0 Å². The molecule has 0 saturated heterocycles. The molecule has 2 rings (SSSR count). The van der Waals surface area contributed by atoms with Gasteiger partial charge in [0.15, 0.2) is 0 Å². The van der Waals surface area contributed by atoms with Gasteiger partial charge in [0, 0.05) is 36.4 Å². The van der Waals surface area contributed by atoms with Crippen LogP contribution >= 0.6 is 0 Å². The molecule has 1 aromatic heterocycles. The molecule has 0 aliphatic carbocycles. The van der Waals surface area contributed by atoms with Gasteiger partial charge in [0.25, 0.3) is 0 Å². The maximum absolute atomic E-state index is 11.9. The Balaban J connectivity index is 1.87. The largest absolute Gasteiger partial charge is 0.334 e. The molecule has 0 unspecified atom stereocenters. The SMILES string of the molecule is C=CCNC(=O)Nc1ccc(NC(=O)/C=C/c2cccnc2)cc1. The van der Waals surface area contributed by atoms with Crippen molar-refractivity contribution in [2.24, 2.45) is 0 Å². The van der Waals surface area contributed by atoms with E-state index in [0.717, 1.165) is 5.56 Å². The Bertz CT molecular complexity index is 724. The second-order valence-corrected chi connectivity index (χ2v) is 4.81. The Morgan fingerprint density at radius 1 is 1.08 bits per heavy atom. The highest BCUT2D eigenvalue weighted by Crippen LogP contribution is 2.13. The Morgan fingerprint density at radius 3 is 2.42 bits per heavy atom. The molecule has 3 amide bonds. The van der Waals surface area contributed by atoms with E-state index in [-0.39, 0.29) is 11.9 Å². The summed E-state index contributed by atoms with van der Waals surface area (Å²) in [5.41, 5.74) is 2.10. The summed E-state index contributed by atoms with van der Waals surface area (Å²) < 4.78 is 0. The van der Waals surface area contributed by atoms with Crippen LogP contribution in [0.25, 0.3) is 6.08 Å². The Kier molecular flexibility index (Phi) is 6.28. The van der Waals surface area contributed by atoms with Crippen molar-refractivity contribution in [1.29, 1.82) is 0 Å². The molecule has 0 radical (unpaired) electrons. The fraction of sp³-hybridized carbons (Fsp3) is 0.0556. The molecule has 0 bridgehead atoms. The van der Waals surface area contributed by atoms with E-state index in [1.807, 2.05) is 6.07 Å². The second-order valence-electron chi connectivity index (χ2n) is 4.81. The van der Waals surface area contributed by atoms with Gasteiger partial charge in [-0.1, -0.05) is 12.1 Å². The molecule has 0 aliphatic rings. The van der Waals surface area contributed by atoms with Gasteiger partial charge in [-0.25, -0.2) is 4.79 Å². The van der Waals surface area contributed by atoms with E-state index in [4.69, 9.17) is 0 Å². The third-order valence-electron chi connectivity index (χ3n) is 2.93. The Labute approximate surface area is 140 Å². The fourth-order valence-corrected chi connectivity index (χ4v) is 1.81. The van der Waals surface area contributed by atoms with Crippen molar-refractivity contribution in [2.75, 3.05) is 17.2 Å². The fourth-order valence-electron chi connectivity index (χ4n) is 1.81. The van der Waals surface area contributed by atoms with E-state index in [1.165, 1.54) is 6.08 Å². The van der Waals surface area contributed by atoms with Gasteiger partial charge in [-0.2, -0.15) is 0 Å². The van der Waals surface area contributed by atoms with E-state index >= 15 is 0 Å². The number of aromatic nitrogens is 1. The zero-order chi connectivity index (χ0) is 17.2. The molecular weight excluding hydrogens is 304 g/mol. The summed E-state index contributed by atoms with van der Waals surface area (Å²) in [6, 6.07) is 10.2. The van der Waals surface area contributed by atoms with Crippen LogP contribution in [0.5, 0.6) is 0 Å². The highest BCUT2D eigenvalue weighted by Gasteiger charge is 2.01. The maximum atomic E-state index is 11.9. The van der Waals surface area contributed by atoms with Crippen molar-refractivity contribution >= 4 is 29.4 Å². The summed E-state index contributed by atoms with van der Waals surface area (Å²) in [4.78, 5) is 27.3. The van der Waals surface area contributed by atoms with E-state index in [1.54, 1.807) is 54.9 Å². The van der Waals surface area contributed by atoms with Crippen LogP contribution in [0.3, 0.4) is 0 Å². The quantitative estimate of drug-likeness (QED) is 0.564. The lowest BCUT2D eigenvalue weighted by atomic mass is 10.2. The van der Waals surface area contributed by atoms with E-state index in [0.29, 0.717) is 17.9 Å². The molecule has 3 N–H and O–H groups in total. The third kappa shape index (κ3) is 5.76. The van der Waals surface area contributed by atoms with Crippen LogP contribution < -0.4 is 16.0 Å². The zero-order valence-corrected chi connectivity index (χ0v) is 13.0. The van der Waals surface area contributed by atoms with Gasteiger partial charge in [-0.15, -0.1) is 6.58 Å². The van der Waals surface area contributed by atoms with Crippen LogP contribution in [0.2, 0.25) is 0 Å². The molecule has 0 saturated carbocycles. The molecular formula is C18H18N4O2. The normalized spacial score (nSPS) is 10.2. The van der Waals surface area contributed by atoms with Crippen molar-refractivity contribution < 1.29 is 9.59 Å². The van der Waals surface area contributed by atoms with Gasteiger partial charge in [0.05, 0.1) is 0 Å². The van der Waals surface area contributed by atoms with Crippen molar-refractivity contribution in [2.45, 2.75) is 0 Å². The van der Waals surface area contributed by atoms with E-state index in [2.05, 4.69) is 27.5 Å². The molecule has 122 valence electrons. The molecule has 6 nitrogen and oxygen atoms in total. The number of anilines is 2. The van der Waals surface area contributed by atoms with Crippen LogP contribution in [-0.2, 0) is 4.79 Å². The summed E-state index contributed by atoms with van der Waals surface area (Å²) in [5.74, 6) is -0.247. The minimum atomic E-state index is -0.314. The molecule has 0 atom stereocenters. The zero-order valence-electron chi connectivity index (χ0n) is 13.0. The van der Waals surface area contributed by atoms with Crippen LogP contribution in [0.1, 0.15) is 5.56 Å². The Hall–Kier alpha value is -3.41. The van der Waals surface area contributed by atoms with Gasteiger partial charge in [-0.3, -0.25) is 9.78 Å². The lowest BCUT2D eigenvalue weighted by molar-refractivity contribution is -0.111. The highest BCUT2D eigenvalue weighted by molar-refractivity contribution is 6.02. The standard InChI is InChI=1S/C18H18N4O2/c1-2-11-20-18(24)22-16-8-6-15(7-9-16)21-17(23)10-5-14-4-3-12-19-13-14/h2-10,12-13H,1,11H2,(H,21,23)(H2,20,22,24)/b10-5+. The van der Waals surface area contributed by atoms with Crippen molar-refractivity contribution in [1.82, 2.24) is 10.3 Å². The predicted octanol–water partition coefficient (Wildman–Crippen LogP) is 3.04. The van der Waals surface area contributed by atoms with Crippen LogP contribution in [0, 0.1) is 0 Å². The number of carbonyl (C=O) groups is 2. The first-order valence-electron chi connectivity index (χ1n) is 7.32. The minimum absolute atomic E-state index is 0.247. The number of urea groups is 1. The molecule has 24 heavy (non-hydrogen) atoms. The molecule has 1 heterocycles. The van der Waals surface area contributed by atoms with Gasteiger partial charge in [0.1, 0.15) is 0 Å². The smallest absolute Gasteiger partial charge is 0.319 e. The third-order valence-corrected chi connectivity index (χ3v) is 2.93. The van der Waals surface area contributed by atoms with E-state index in [9.17, 15) is 9.59 Å². The molecule has 6 heteroatoms. The molecule has 0 aliphatic heterocycles. The number of hydrogen-bond donors (Lipinski definition) is 3. The average Bonchev–Trinajstić information content (AvgIpc) is 2.61. The van der Waals surface area contributed by atoms with Gasteiger partial charge >= 0.3 is 6.03 Å². The monoisotopic (exact) mass is 322 g/mol. The number of amides is 3. The van der Waals surface area contributed by atoms with Gasteiger partial charge < -0.3 is 16.0 Å². The van der Waals surface area contributed by atoms with Crippen LogP contribution in [0.15, 0.2) is 67.5 Å². The predicted molar refractivity (Wildman–Crippen MR) is 95.6 cm³/mol. The summed E-state index contributed by atoms with van der Waals surface area (Å²) in [6.45, 7) is 3.91. The number of nitrogens with one attached hydrogen (secondary N) is 3. The van der Waals surface area contributed by atoms with Crippen molar-refractivity contribution in [3.8, 4) is 0 Å².